The summed E-state index contributed by atoms with van der Waals surface area (Å²) < 4.78 is 15.1. The van der Waals surface area contributed by atoms with Crippen molar-refractivity contribution < 1.29 is 4.39 Å². The van der Waals surface area contributed by atoms with E-state index in [1.165, 1.54) is 6.07 Å². The molecule has 4 heteroatoms. The lowest BCUT2D eigenvalue weighted by molar-refractivity contribution is 0.141. The van der Waals surface area contributed by atoms with E-state index in [4.69, 9.17) is 0 Å². The SMILES string of the molecule is Cc1cc(F)n(C2CCN(C(C)C)CC2)n1. The summed E-state index contributed by atoms with van der Waals surface area (Å²) in [6, 6.07) is 2.34. The maximum Gasteiger partial charge on any atom is 0.211 e. The molecule has 2 rings (SSSR count). The highest BCUT2D eigenvalue weighted by atomic mass is 19.1. The standard InChI is InChI=1S/C12H20FN3/c1-9(2)15-6-4-11(5-7-15)16-12(13)8-10(3)14-16/h8-9,11H,4-7H2,1-3H3. The van der Waals surface area contributed by atoms with Crippen molar-refractivity contribution in [2.24, 2.45) is 0 Å². The summed E-state index contributed by atoms with van der Waals surface area (Å²) in [6.07, 6.45) is 1.99. The van der Waals surface area contributed by atoms with E-state index in [1.807, 2.05) is 6.92 Å². The number of aromatic nitrogens is 2. The zero-order chi connectivity index (χ0) is 11.7. The Morgan fingerprint density at radius 1 is 1.38 bits per heavy atom. The maximum absolute atomic E-state index is 13.5. The van der Waals surface area contributed by atoms with Gasteiger partial charge in [-0.15, -0.1) is 0 Å². The van der Waals surface area contributed by atoms with Gasteiger partial charge in [-0.1, -0.05) is 0 Å². The highest BCUT2D eigenvalue weighted by molar-refractivity contribution is 4.99. The molecule has 2 heterocycles. The number of halogens is 1. The van der Waals surface area contributed by atoms with Gasteiger partial charge in [-0.3, -0.25) is 0 Å². The van der Waals surface area contributed by atoms with Gasteiger partial charge in [-0.25, -0.2) is 4.68 Å². The number of piperidine rings is 1. The van der Waals surface area contributed by atoms with E-state index in [9.17, 15) is 4.39 Å². The highest BCUT2D eigenvalue weighted by Crippen LogP contribution is 2.24. The maximum atomic E-state index is 13.5. The van der Waals surface area contributed by atoms with Crippen LogP contribution < -0.4 is 0 Å². The Balaban J connectivity index is 2.01. The summed E-state index contributed by atoms with van der Waals surface area (Å²) >= 11 is 0. The van der Waals surface area contributed by atoms with E-state index < -0.39 is 0 Å². The minimum Gasteiger partial charge on any atom is -0.301 e. The molecule has 0 aliphatic carbocycles. The van der Waals surface area contributed by atoms with E-state index >= 15 is 0 Å². The van der Waals surface area contributed by atoms with E-state index in [-0.39, 0.29) is 12.0 Å². The molecule has 0 bridgehead atoms. The molecule has 0 N–H and O–H groups in total. The van der Waals surface area contributed by atoms with Crippen molar-refractivity contribution in [3.05, 3.63) is 17.7 Å². The Kier molecular flexibility index (Phi) is 3.28. The number of aryl methyl sites for hydroxylation is 1. The van der Waals surface area contributed by atoms with Crippen LogP contribution in [0.2, 0.25) is 0 Å². The molecule has 0 spiro atoms. The molecule has 1 aromatic rings. The molecule has 0 aromatic carbocycles. The molecule has 0 saturated carbocycles. The Morgan fingerprint density at radius 3 is 2.44 bits per heavy atom. The first-order valence-electron chi connectivity index (χ1n) is 6.03. The molecule has 0 amide bonds. The van der Waals surface area contributed by atoms with Gasteiger partial charge in [-0.05, 0) is 33.6 Å². The summed E-state index contributed by atoms with van der Waals surface area (Å²) in [6.45, 7) is 8.34. The van der Waals surface area contributed by atoms with Crippen LogP contribution in [0.3, 0.4) is 0 Å². The van der Waals surface area contributed by atoms with Crippen molar-refractivity contribution in [3.8, 4) is 0 Å². The third-order valence-corrected chi connectivity index (χ3v) is 3.39. The third kappa shape index (κ3) is 2.26. The monoisotopic (exact) mass is 225 g/mol. The van der Waals surface area contributed by atoms with Crippen LogP contribution in [-0.2, 0) is 0 Å². The molecule has 1 fully saturated rings. The van der Waals surface area contributed by atoms with E-state index in [2.05, 4.69) is 23.8 Å². The van der Waals surface area contributed by atoms with Crippen molar-refractivity contribution >= 4 is 0 Å². The van der Waals surface area contributed by atoms with E-state index in [1.54, 1.807) is 4.68 Å². The largest absolute Gasteiger partial charge is 0.301 e. The second kappa shape index (κ2) is 4.53. The van der Waals surface area contributed by atoms with Crippen LogP contribution in [-0.4, -0.2) is 33.8 Å². The van der Waals surface area contributed by atoms with Crippen LogP contribution >= 0.6 is 0 Å². The fourth-order valence-corrected chi connectivity index (χ4v) is 2.39. The molecule has 1 aromatic heterocycles. The lowest BCUT2D eigenvalue weighted by atomic mass is 10.0. The van der Waals surface area contributed by atoms with Crippen LogP contribution in [0, 0.1) is 12.9 Å². The van der Waals surface area contributed by atoms with Gasteiger partial charge in [0.2, 0.25) is 5.95 Å². The summed E-state index contributed by atoms with van der Waals surface area (Å²) in [5, 5.41) is 4.23. The lowest BCUT2D eigenvalue weighted by Crippen LogP contribution is -2.39. The highest BCUT2D eigenvalue weighted by Gasteiger charge is 2.24. The fourth-order valence-electron chi connectivity index (χ4n) is 2.39. The van der Waals surface area contributed by atoms with Crippen molar-refractivity contribution in [2.45, 2.75) is 45.7 Å². The molecule has 0 atom stereocenters. The molecule has 90 valence electrons. The van der Waals surface area contributed by atoms with E-state index in [0.29, 0.717) is 6.04 Å². The van der Waals surface area contributed by atoms with Gasteiger partial charge in [0, 0.05) is 25.2 Å². The number of rotatable bonds is 2. The lowest BCUT2D eigenvalue weighted by Gasteiger charge is -2.34. The molecule has 1 saturated heterocycles. The van der Waals surface area contributed by atoms with Gasteiger partial charge in [0.15, 0.2) is 0 Å². The number of hydrogen-bond donors (Lipinski definition) is 0. The van der Waals surface area contributed by atoms with Crippen LogP contribution in [0.1, 0.15) is 38.4 Å². The van der Waals surface area contributed by atoms with Crippen molar-refractivity contribution in [1.82, 2.24) is 14.7 Å². The first-order chi connectivity index (χ1) is 7.58. The average Bonchev–Trinajstić information content (AvgIpc) is 2.58. The Hall–Kier alpha value is -0.900. The predicted octanol–water partition coefficient (Wildman–Crippen LogP) is 2.38. The Bertz CT molecular complexity index is 351. The van der Waals surface area contributed by atoms with Crippen LogP contribution in [0.4, 0.5) is 4.39 Å². The predicted molar refractivity (Wildman–Crippen MR) is 61.9 cm³/mol. The van der Waals surface area contributed by atoms with Crippen LogP contribution in [0.5, 0.6) is 0 Å². The summed E-state index contributed by atoms with van der Waals surface area (Å²) in [5.74, 6) is -0.194. The first kappa shape index (κ1) is 11.6. The van der Waals surface area contributed by atoms with Gasteiger partial charge in [0.1, 0.15) is 0 Å². The second-order valence-electron chi connectivity index (χ2n) is 4.91. The molecular formula is C12H20FN3. The molecule has 3 nitrogen and oxygen atoms in total. The van der Waals surface area contributed by atoms with Crippen molar-refractivity contribution in [3.63, 3.8) is 0 Å². The Labute approximate surface area is 96.2 Å². The summed E-state index contributed by atoms with van der Waals surface area (Å²) in [4.78, 5) is 2.44. The normalized spacial score (nSPS) is 19.6. The molecule has 1 aliphatic rings. The van der Waals surface area contributed by atoms with E-state index in [0.717, 1.165) is 31.6 Å². The van der Waals surface area contributed by atoms with Gasteiger partial charge < -0.3 is 4.90 Å². The average molecular weight is 225 g/mol. The minimum atomic E-state index is -0.194. The van der Waals surface area contributed by atoms with Crippen LogP contribution in [0.15, 0.2) is 6.07 Å². The second-order valence-corrected chi connectivity index (χ2v) is 4.91. The van der Waals surface area contributed by atoms with Crippen LogP contribution in [0.25, 0.3) is 0 Å². The topological polar surface area (TPSA) is 21.1 Å². The molecule has 0 unspecified atom stereocenters. The Morgan fingerprint density at radius 2 is 2.00 bits per heavy atom. The molecule has 0 radical (unpaired) electrons. The third-order valence-electron chi connectivity index (χ3n) is 3.39. The number of nitrogens with zero attached hydrogens (tertiary/aromatic N) is 3. The number of likely N-dealkylation sites (tertiary alicyclic amines) is 1. The minimum absolute atomic E-state index is 0.194. The van der Waals surface area contributed by atoms with Crippen molar-refractivity contribution in [2.75, 3.05) is 13.1 Å². The molecular weight excluding hydrogens is 205 g/mol. The summed E-state index contributed by atoms with van der Waals surface area (Å²) in [7, 11) is 0. The van der Waals surface area contributed by atoms with Gasteiger partial charge >= 0.3 is 0 Å². The molecule has 1 aliphatic heterocycles. The zero-order valence-electron chi connectivity index (χ0n) is 10.3. The summed E-state index contributed by atoms with van der Waals surface area (Å²) in [5.41, 5.74) is 0.767. The van der Waals surface area contributed by atoms with Gasteiger partial charge in [0.05, 0.1) is 11.7 Å². The number of hydrogen-bond acceptors (Lipinski definition) is 2. The zero-order valence-corrected chi connectivity index (χ0v) is 10.3. The van der Waals surface area contributed by atoms with Gasteiger partial charge in [0.25, 0.3) is 0 Å². The van der Waals surface area contributed by atoms with Crippen molar-refractivity contribution in [1.29, 1.82) is 0 Å². The molecule has 16 heavy (non-hydrogen) atoms. The smallest absolute Gasteiger partial charge is 0.211 e. The first-order valence-corrected chi connectivity index (χ1v) is 6.03. The van der Waals surface area contributed by atoms with Gasteiger partial charge in [-0.2, -0.15) is 9.49 Å². The quantitative estimate of drug-likeness (QED) is 0.770. The fraction of sp³-hybridized carbons (Fsp3) is 0.750.